The highest BCUT2D eigenvalue weighted by molar-refractivity contribution is 9.10. The van der Waals surface area contributed by atoms with Crippen molar-refractivity contribution in [3.8, 4) is 11.5 Å². The van der Waals surface area contributed by atoms with Gasteiger partial charge in [-0.3, -0.25) is 0 Å². The number of halogens is 1. The van der Waals surface area contributed by atoms with E-state index in [4.69, 9.17) is 15.2 Å². The van der Waals surface area contributed by atoms with Crippen LogP contribution in [0.5, 0.6) is 11.5 Å². The van der Waals surface area contributed by atoms with Crippen LogP contribution in [0.3, 0.4) is 0 Å². The van der Waals surface area contributed by atoms with Gasteiger partial charge in [0.2, 0.25) is 0 Å². The van der Waals surface area contributed by atoms with E-state index in [0.717, 1.165) is 10.0 Å². The molecule has 0 aliphatic carbocycles. The molecular formula is C11H14BrNO2. The van der Waals surface area contributed by atoms with Crippen LogP contribution in [0.1, 0.15) is 5.56 Å². The predicted octanol–water partition coefficient (Wildman–Crippen LogP) is 2.44. The molecule has 4 heteroatoms. The molecule has 0 spiro atoms. The van der Waals surface area contributed by atoms with Crippen LogP contribution in [-0.2, 0) is 0 Å². The summed E-state index contributed by atoms with van der Waals surface area (Å²) < 4.78 is 11.3. The first kappa shape index (κ1) is 12.1. The maximum Gasteiger partial charge on any atom is 0.161 e. The summed E-state index contributed by atoms with van der Waals surface area (Å²) in [6.07, 6.45) is 3.82. The minimum atomic E-state index is 0.515. The number of nitrogens with two attached hydrogens (primary N) is 1. The molecule has 0 atom stereocenters. The van der Waals surface area contributed by atoms with Crippen LogP contribution in [0.2, 0.25) is 0 Å². The van der Waals surface area contributed by atoms with Crippen LogP contribution in [-0.4, -0.2) is 20.8 Å². The molecule has 82 valence electrons. The highest BCUT2D eigenvalue weighted by Gasteiger charge is 2.07. The number of hydrogen-bond donors (Lipinski definition) is 1. The predicted molar refractivity (Wildman–Crippen MR) is 65.3 cm³/mol. The fraction of sp³-hybridized carbons (Fsp3) is 0.273. The summed E-state index contributed by atoms with van der Waals surface area (Å²) in [6.45, 7) is 0.515. The molecule has 1 rings (SSSR count). The van der Waals surface area contributed by atoms with Gasteiger partial charge in [0.05, 0.1) is 14.2 Å². The molecular weight excluding hydrogens is 258 g/mol. The van der Waals surface area contributed by atoms with Crippen LogP contribution >= 0.6 is 15.9 Å². The zero-order chi connectivity index (χ0) is 11.3. The van der Waals surface area contributed by atoms with Crippen LogP contribution in [0.15, 0.2) is 22.7 Å². The molecule has 0 radical (unpaired) electrons. The Morgan fingerprint density at radius 2 is 1.87 bits per heavy atom. The second-order valence-corrected chi connectivity index (χ2v) is 3.72. The Balaban J connectivity index is 3.13. The minimum absolute atomic E-state index is 0.515. The van der Waals surface area contributed by atoms with Crippen LogP contribution < -0.4 is 15.2 Å². The van der Waals surface area contributed by atoms with Gasteiger partial charge in [0, 0.05) is 11.0 Å². The molecule has 15 heavy (non-hydrogen) atoms. The van der Waals surface area contributed by atoms with Crippen molar-refractivity contribution < 1.29 is 9.47 Å². The smallest absolute Gasteiger partial charge is 0.161 e. The van der Waals surface area contributed by atoms with Gasteiger partial charge in [-0.15, -0.1) is 0 Å². The number of ether oxygens (including phenoxy) is 2. The van der Waals surface area contributed by atoms with Gasteiger partial charge in [-0.2, -0.15) is 0 Å². The monoisotopic (exact) mass is 271 g/mol. The summed E-state index contributed by atoms with van der Waals surface area (Å²) in [5.41, 5.74) is 6.41. The van der Waals surface area contributed by atoms with Crippen LogP contribution in [0, 0.1) is 0 Å². The molecule has 0 amide bonds. The lowest BCUT2D eigenvalue weighted by molar-refractivity contribution is 0.354. The van der Waals surface area contributed by atoms with Crippen molar-refractivity contribution in [2.24, 2.45) is 5.73 Å². The van der Waals surface area contributed by atoms with Gasteiger partial charge >= 0.3 is 0 Å². The summed E-state index contributed by atoms with van der Waals surface area (Å²) >= 11 is 3.45. The van der Waals surface area contributed by atoms with E-state index in [0.29, 0.717) is 18.0 Å². The standard InChI is InChI=1S/C11H14BrNO2/c1-14-10-6-8(4-3-5-13)9(12)7-11(10)15-2/h3-4,6-7H,5,13H2,1-2H3. The molecule has 2 N–H and O–H groups in total. The van der Waals surface area contributed by atoms with Gasteiger partial charge in [-0.1, -0.05) is 28.1 Å². The molecule has 1 aromatic carbocycles. The van der Waals surface area contributed by atoms with Gasteiger partial charge in [0.25, 0.3) is 0 Å². The molecule has 3 nitrogen and oxygen atoms in total. The Labute approximate surface area is 98.0 Å². The Morgan fingerprint density at radius 1 is 1.27 bits per heavy atom. The zero-order valence-electron chi connectivity index (χ0n) is 8.79. The van der Waals surface area contributed by atoms with Crippen molar-refractivity contribution in [1.82, 2.24) is 0 Å². The normalized spacial score (nSPS) is 10.7. The van der Waals surface area contributed by atoms with Crippen molar-refractivity contribution in [2.75, 3.05) is 20.8 Å². The largest absolute Gasteiger partial charge is 0.493 e. The fourth-order valence-corrected chi connectivity index (χ4v) is 1.65. The van der Waals surface area contributed by atoms with Crippen molar-refractivity contribution in [3.05, 3.63) is 28.2 Å². The third-order valence-electron chi connectivity index (χ3n) is 1.94. The van der Waals surface area contributed by atoms with E-state index in [1.165, 1.54) is 0 Å². The Hall–Kier alpha value is -1.00. The van der Waals surface area contributed by atoms with E-state index in [9.17, 15) is 0 Å². The average Bonchev–Trinajstić information content (AvgIpc) is 2.27. The number of methoxy groups -OCH3 is 2. The van der Waals surface area contributed by atoms with Crippen LogP contribution in [0.25, 0.3) is 6.08 Å². The summed E-state index contributed by atoms with van der Waals surface area (Å²) in [4.78, 5) is 0. The summed E-state index contributed by atoms with van der Waals surface area (Å²) in [7, 11) is 3.22. The van der Waals surface area contributed by atoms with Gasteiger partial charge in [0.1, 0.15) is 0 Å². The van der Waals surface area contributed by atoms with Crippen molar-refractivity contribution >= 4 is 22.0 Å². The second-order valence-electron chi connectivity index (χ2n) is 2.87. The Bertz CT molecular complexity index is 364. The molecule has 0 aromatic heterocycles. The Morgan fingerprint density at radius 3 is 2.40 bits per heavy atom. The lowest BCUT2D eigenvalue weighted by Crippen LogP contribution is -1.94. The van der Waals surface area contributed by atoms with Crippen molar-refractivity contribution in [3.63, 3.8) is 0 Å². The molecule has 0 fully saturated rings. The average molecular weight is 272 g/mol. The molecule has 0 aliphatic heterocycles. The van der Waals surface area contributed by atoms with E-state index >= 15 is 0 Å². The van der Waals surface area contributed by atoms with Gasteiger partial charge in [-0.05, 0) is 17.7 Å². The molecule has 0 saturated carbocycles. The summed E-state index contributed by atoms with van der Waals surface area (Å²) in [6, 6.07) is 3.77. The fourth-order valence-electron chi connectivity index (χ4n) is 1.19. The van der Waals surface area contributed by atoms with Gasteiger partial charge in [0.15, 0.2) is 11.5 Å². The van der Waals surface area contributed by atoms with E-state index < -0.39 is 0 Å². The first-order valence-corrected chi connectivity index (χ1v) is 5.30. The molecule has 0 saturated heterocycles. The van der Waals surface area contributed by atoms with E-state index in [1.807, 2.05) is 24.3 Å². The van der Waals surface area contributed by atoms with Crippen molar-refractivity contribution in [2.45, 2.75) is 0 Å². The Kier molecular flexibility index (Phi) is 4.65. The first-order chi connectivity index (χ1) is 7.22. The summed E-state index contributed by atoms with van der Waals surface area (Å²) in [5, 5.41) is 0. The molecule has 0 heterocycles. The van der Waals surface area contributed by atoms with E-state index in [-0.39, 0.29) is 0 Å². The van der Waals surface area contributed by atoms with Gasteiger partial charge < -0.3 is 15.2 Å². The van der Waals surface area contributed by atoms with Crippen LogP contribution in [0.4, 0.5) is 0 Å². The highest BCUT2D eigenvalue weighted by Crippen LogP contribution is 2.33. The quantitative estimate of drug-likeness (QED) is 0.915. The molecule has 1 aromatic rings. The lowest BCUT2D eigenvalue weighted by atomic mass is 10.2. The van der Waals surface area contributed by atoms with E-state index in [2.05, 4.69) is 15.9 Å². The third kappa shape index (κ3) is 2.97. The topological polar surface area (TPSA) is 44.5 Å². The third-order valence-corrected chi connectivity index (χ3v) is 2.62. The number of rotatable bonds is 4. The molecule has 0 aliphatic rings. The lowest BCUT2D eigenvalue weighted by Gasteiger charge is -2.09. The second kappa shape index (κ2) is 5.78. The summed E-state index contributed by atoms with van der Waals surface area (Å²) in [5.74, 6) is 1.41. The zero-order valence-corrected chi connectivity index (χ0v) is 10.4. The van der Waals surface area contributed by atoms with E-state index in [1.54, 1.807) is 14.2 Å². The van der Waals surface area contributed by atoms with Crippen molar-refractivity contribution in [1.29, 1.82) is 0 Å². The highest BCUT2D eigenvalue weighted by atomic mass is 79.9. The maximum atomic E-state index is 5.40. The van der Waals surface area contributed by atoms with Gasteiger partial charge in [-0.25, -0.2) is 0 Å². The minimum Gasteiger partial charge on any atom is -0.493 e. The first-order valence-electron chi connectivity index (χ1n) is 4.51. The number of benzene rings is 1. The molecule has 0 bridgehead atoms. The maximum absolute atomic E-state index is 5.40. The number of hydrogen-bond acceptors (Lipinski definition) is 3. The molecule has 0 unspecified atom stereocenters. The SMILES string of the molecule is COc1cc(Br)c(C=CCN)cc1OC.